The number of fused-ring (bicyclic) bond motifs is 1. The van der Waals surface area contributed by atoms with Gasteiger partial charge < -0.3 is 10.1 Å². The normalized spacial score (nSPS) is 21.6. The van der Waals surface area contributed by atoms with Gasteiger partial charge in [-0.2, -0.15) is 0 Å². The molecule has 1 unspecified atom stereocenters. The van der Waals surface area contributed by atoms with E-state index < -0.39 is 5.97 Å². The van der Waals surface area contributed by atoms with E-state index >= 15 is 0 Å². The van der Waals surface area contributed by atoms with E-state index in [1.54, 1.807) is 29.8 Å². The van der Waals surface area contributed by atoms with Crippen molar-refractivity contribution in [2.75, 3.05) is 20.2 Å². The van der Waals surface area contributed by atoms with Crippen molar-refractivity contribution in [3.63, 3.8) is 0 Å². The number of esters is 1. The van der Waals surface area contributed by atoms with E-state index in [-0.39, 0.29) is 11.6 Å². The number of carbonyl (C=O) groups is 1. The van der Waals surface area contributed by atoms with E-state index in [1.807, 2.05) is 0 Å². The summed E-state index contributed by atoms with van der Waals surface area (Å²) >= 11 is 0. The molecule has 1 fully saturated rings. The third kappa shape index (κ3) is 3.95. The molecule has 1 N–H and O–H groups in total. The Morgan fingerprint density at radius 3 is 2.61 bits per heavy atom. The highest BCUT2D eigenvalue weighted by Gasteiger charge is 2.30. The Labute approximate surface area is 165 Å². The summed E-state index contributed by atoms with van der Waals surface area (Å²) in [5.74, 6) is 0.323. The van der Waals surface area contributed by atoms with Crippen molar-refractivity contribution < 1.29 is 9.53 Å². The number of nitrogens with zero attached hydrogens (tertiary/aromatic N) is 3. The van der Waals surface area contributed by atoms with Gasteiger partial charge >= 0.3 is 5.97 Å². The highest BCUT2D eigenvalue weighted by molar-refractivity contribution is 5.94. The molecule has 1 aliphatic rings. The molecule has 7 nitrogen and oxygen atoms in total. The van der Waals surface area contributed by atoms with Crippen molar-refractivity contribution in [3.05, 3.63) is 39.9 Å². The van der Waals surface area contributed by atoms with Crippen molar-refractivity contribution in [1.29, 1.82) is 0 Å². The summed E-state index contributed by atoms with van der Waals surface area (Å²) in [5.41, 5.74) is 0.852. The Morgan fingerprint density at radius 2 is 2.00 bits per heavy atom. The maximum absolute atomic E-state index is 13.0. The van der Waals surface area contributed by atoms with Crippen molar-refractivity contribution in [1.82, 2.24) is 19.8 Å². The molecule has 1 aromatic heterocycles. The number of hydrogen-bond donors (Lipinski definition) is 1. The van der Waals surface area contributed by atoms with Crippen molar-refractivity contribution >= 4 is 16.9 Å². The lowest BCUT2D eigenvalue weighted by Crippen LogP contribution is -2.55. The number of rotatable bonds is 5. The largest absolute Gasteiger partial charge is 0.465 e. The summed E-state index contributed by atoms with van der Waals surface area (Å²) in [5, 5.41) is 4.07. The molecule has 2 aromatic rings. The van der Waals surface area contributed by atoms with Crippen LogP contribution in [-0.4, -0.2) is 52.7 Å². The molecule has 0 aliphatic carbocycles. The number of aromatic nitrogens is 2. The van der Waals surface area contributed by atoms with E-state index in [4.69, 9.17) is 9.72 Å². The highest BCUT2D eigenvalue weighted by Crippen LogP contribution is 2.27. The summed E-state index contributed by atoms with van der Waals surface area (Å²) in [6.45, 7) is 8.33. The smallest absolute Gasteiger partial charge is 0.337 e. The highest BCUT2D eigenvalue weighted by atomic mass is 16.5. The van der Waals surface area contributed by atoms with E-state index in [0.29, 0.717) is 28.6 Å². The monoisotopic (exact) mass is 386 g/mol. The van der Waals surface area contributed by atoms with Crippen LogP contribution in [0, 0.1) is 0 Å². The molecule has 0 amide bonds. The van der Waals surface area contributed by atoms with Crippen LogP contribution in [0.1, 0.15) is 55.8 Å². The van der Waals surface area contributed by atoms with Gasteiger partial charge in [-0.3, -0.25) is 14.3 Å². The first-order valence-corrected chi connectivity index (χ1v) is 9.94. The molecule has 3 rings (SSSR count). The zero-order chi connectivity index (χ0) is 20.4. The first kappa shape index (κ1) is 20.5. The molecule has 0 bridgehead atoms. The average molecular weight is 386 g/mol. The maximum atomic E-state index is 13.0. The molecule has 7 heteroatoms. The van der Waals surface area contributed by atoms with Crippen molar-refractivity contribution in [3.8, 4) is 0 Å². The van der Waals surface area contributed by atoms with Gasteiger partial charge in [-0.05, 0) is 38.5 Å². The van der Waals surface area contributed by atoms with Gasteiger partial charge in [0.25, 0.3) is 5.56 Å². The van der Waals surface area contributed by atoms with Crippen LogP contribution in [0.5, 0.6) is 0 Å². The summed E-state index contributed by atoms with van der Waals surface area (Å²) in [4.78, 5) is 32.2. The number of methoxy groups -OCH3 is 1. The molecular weight excluding hydrogens is 356 g/mol. The predicted molar refractivity (Wildman–Crippen MR) is 110 cm³/mol. The van der Waals surface area contributed by atoms with Gasteiger partial charge in [0, 0.05) is 32.2 Å². The van der Waals surface area contributed by atoms with Gasteiger partial charge in [-0.15, -0.1) is 0 Å². The molecule has 1 aliphatic heterocycles. The molecule has 152 valence electrons. The summed E-state index contributed by atoms with van der Waals surface area (Å²) in [7, 11) is 3.13. The molecule has 1 saturated heterocycles. The minimum absolute atomic E-state index is 0.0564. The molecule has 0 spiro atoms. The Kier molecular flexibility index (Phi) is 6.15. The van der Waals surface area contributed by atoms with Gasteiger partial charge in [-0.1, -0.05) is 13.3 Å². The van der Waals surface area contributed by atoms with Gasteiger partial charge in [0.15, 0.2) is 0 Å². The van der Waals surface area contributed by atoms with E-state index in [0.717, 1.165) is 31.8 Å². The SMILES string of the molecule is CCCC(c1nc2cc(C(=O)OC)ccc2c(=O)n1C)N1C[C@@H](C)N[C@@H](C)C1. The average Bonchev–Trinajstić information content (AvgIpc) is 2.67. The number of benzene rings is 1. The van der Waals surface area contributed by atoms with E-state index in [9.17, 15) is 9.59 Å². The molecule has 0 saturated carbocycles. The van der Waals surface area contributed by atoms with Crippen LogP contribution < -0.4 is 10.9 Å². The minimum Gasteiger partial charge on any atom is -0.465 e. The van der Waals surface area contributed by atoms with Gasteiger partial charge in [0.05, 0.1) is 29.6 Å². The fourth-order valence-electron chi connectivity index (χ4n) is 4.20. The predicted octanol–water partition coefficient (Wildman–Crippen LogP) is 2.24. The van der Waals surface area contributed by atoms with E-state index in [1.165, 1.54) is 7.11 Å². The van der Waals surface area contributed by atoms with Crippen LogP contribution in [0.4, 0.5) is 0 Å². The van der Waals surface area contributed by atoms with Gasteiger partial charge in [0.2, 0.25) is 0 Å². The Morgan fingerprint density at radius 1 is 1.32 bits per heavy atom. The number of piperazine rings is 1. The molecule has 28 heavy (non-hydrogen) atoms. The standard InChI is InChI=1S/C21H30N4O3/c1-6-7-18(25-11-13(2)22-14(3)12-25)19-23-17-10-15(21(27)28-5)8-9-16(17)20(26)24(19)4/h8-10,13-14,18,22H,6-7,11-12H2,1-5H3/t13-,14+,18?. The van der Waals surface area contributed by atoms with Crippen LogP contribution in [0.15, 0.2) is 23.0 Å². The lowest BCUT2D eigenvalue weighted by molar-refractivity contribution is 0.0601. The third-order valence-electron chi connectivity index (χ3n) is 5.42. The second-order valence-electron chi connectivity index (χ2n) is 7.78. The third-order valence-corrected chi connectivity index (χ3v) is 5.42. The zero-order valence-corrected chi connectivity index (χ0v) is 17.4. The molecule has 2 heterocycles. The first-order valence-electron chi connectivity index (χ1n) is 9.94. The summed E-state index contributed by atoms with van der Waals surface area (Å²) in [6, 6.07) is 5.74. The minimum atomic E-state index is -0.430. The quantitative estimate of drug-likeness (QED) is 0.795. The lowest BCUT2D eigenvalue weighted by Gasteiger charge is -2.41. The Bertz CT molecular complexity index is 914. The topological polar surface area (TPSA) is 76.5 Å². The van der Waals surface area contributed by atoms with E-state index in [2.05, 4.69) is 31.0 Å². The second-order valence-corrected chi connectivity index (χ2v) is 7.78. The zero-order valence-electron chi connectivity index (χ0n) is 17.4. The lowest BCUT2D eigenvalue weighted by atomic mass is 10.0. The number of ether oxygens (including phenoxy) is 1. The van der Waals surface area contributed by atoms with Gasteiger partial charge in [0.1, 0.15) is 5.82 Å². The maximum Gasteiger partial charge on any atom is 0.337 e. The summed E-state index contributed by atoms with van der Waals surface area (Å²) < 4.78 is 6.47. The molecule has 1 aromatic carbocycles. The number of carbonyl (C=O) groups excluding carboxylic acids is 1. The molecular formula is C21H30N4O3. The Hall–Kier alpha value is -2.25. The van der Waals surface area contributed by atoms with Crippen molar-refractivity contribution in [2.45, 2.75) is 51.7 Å². The first-order chi connectivity index (χ1) is 13.3. The van der Waals surface area contributed by atoms with Crippen LogP contribution >= 0.6 is 0 Å². The Balaban J connectivity index is 2.11. The number of hydrogen-bond acceptors (Lipinski definition) is 6. The van der Waals surface area contributed by atoms with Crippen LogP contribution in [0.2, 0.25) is 0 Å². The molecule has 3 atom stereocenters. The van der Waals surface area contributed by atoms with Gasteiger partial charge in [-0.25, -0.2) is 9.78 Å². The second kappa shape index (κ2) is 8.41. The fourth-order valence-corrected chi connectivity index (χ4v) is 4.20. The molecule has 0 radical (unpaired) electrons. The fraction of sp³-hybridized carbons (Fsp3) is 0.571. The van der Waals surface area contributed by atoms with Crippen LogP contribution in [-0.2, 0) is 11.8 Å². The van der Waals surface area contributed by atoms with Crippen molar-refractivity contribution in [2.24, 2.45) is 7.05 Å². The summed E-state index contributed by atoms with van der Waals surface area (Å²) in [6.07, 6.45) is 1.91. The van der Waals surface area contributed by atoms with Crippen LogP contribution in [0.3, 0.4) is 0 Å². The number of nitrogens with one attached hydrogen (secondary N) is 1. The van der Waals surface area contributed by atoms with Crippen LogP contribution in [0.25, 0.3) is 10.9 Å².